The number of ketones is 1. The second-order valence-corrected chi connectivity index (χ2v) is 9.88. The third-order valence-corrected chi connectivity index (χ3v) is 7.55. The predicted octanol–water partition coefficient (Wildman–Crippen LogP) is 1.63. The smallest absolute Gasteiger partial charge is 0.322 e. The molecule has 0 spiro atoms. The number of nitrogens with two attached hydrogens (primary N) is 1. The van der Waals surface area contributed by atoms with Crippen LogP contribution in [0.25, 0.3) is 16.8 Å². The number of rotatable bonds is 4. The van der Waals surface area contributed by atoms with E-state index in [1.165, 1.54) is 11.4 Å². The third-order valence-electron chi connectivity index (χ3n) is 7.55. The largest absolute Gasteiger partial charge is 0.383 e. The predicted molar refractivity (Wildman–Crippen MR) is 127 cm³/mol. The number of carbonyl (C=O) groups is 3. The number of aromatic nitrogens is 4. The zero-order valence-electron chi connectivity index (χ0n) is 19.5. The quantitative estimate of drug-likeness (QED) is 0.328. The Bertz CT molecular complexity index is 1390. The fourth-order valence-corrected chi connectivity index (χ4v) is 5.75. The Balaban J connectivity index is 1.43. The van der Waals surface area contributed by atoms with Gasteiger partial charge < -0.3 is 16.4 Å². The van der Waals surface area contributed by atoms with E-state index in [0.29, 0.717) is 34.6 Å². The van der Waals surface area contributed by atoms with Gasteiger partial charge >= 0.3 is 6.03 Å². The molecule has 0 aliphatic carbocycles. The summed E-state index contributed by atoms with van der Waals surface area (Å²) in [6, 6.07) is 3.83. The number of nitrogens with zero attached hydrogens (tertiary/aromatic N) is 4. The minimum Gasteiger partial charge on any atom is -0.383 e. The molecule has 180 valence electrons. The molecule has 6 rings (SSSR count). The van der Waals surface area contributed by atoms with Crippen molar-refractivity contribution >= 4 is 29.2 Å². The maximum Gasteiger partial charge on any atom is 0.322 e. The summed E-state index contributed by atoms with van der Waals surface area (Å²) in [7, 11) is 0. The minimum absolute atomic E-state index is 0.119. The second-order valence-electron chi connectivity index (χ2n) is 9.88. The summed E-state index contributed by atoms with van der Waals surface area (Å²) in [5.41, 5.74) is 8.85. The number of anilines is 1. The second kappa shape index (κ2) is 7.57. The van der Waals surface area contributed by atoms with E-state index in [2.05, 4.69) is 26.0 Å². The monoisotopic (exact) mass is 474 g/mol. The van der Waals surface area contributed by atoms with Crippen molar-refractivity contribution in [1.29, 1.82) is 0 Å². The molecule has 4 atom stereocenters. The average Bonchev–Trinajstić information content (AvgIpc) is 3.48. The van der Waals surface area contributed by atoms with E-state index in [9.17, 15) is 14.4 Å². The highest BCUT2D eigenvalue weighted by atomic mass is 16.2. The first-order valence-corrected chi connectivity index (χ1v) is 11.8. The average molecular weight is 475 g/mol. The lowest BCUT2D eigenvalue weighted by atomic mass is 9.86. The van der Waals surface area contributed by atoms with Crippen LogP contribution in [0.1, 0.15) is 67.2 Å². The number of pyridine rings is 1. The van der Waals surface area contributed by atoms with Crippen LogP contribution >= 0.6 is 0 Å². The number of nitrogen functional groups attached to an aromatic ring is 1. The summed E-state index contributed by atoms with van der Waals surface area (Å²) in [6.07, 6.45) is 7.40. The fourth-order valence-electron chi connectivity index (χ4n) is 5.75. The van der Waals surface area contributed by atoms with Gasteiger partial charge in [-0.25, -0.2) is 9.78 Å². The first-order valence-electron chi connectivity index (χ1n) is 11.8. The number of nitrogens with one attached hydrogen (secondary N) is 3. The van der Waals surface area contributed by atoms with Crippen LogP contribution in [-0.2, 0) is 10.3 Å². The molecule has 6 heterocycles. The summed E-state index contributed by atoms with van der Waals surface area (Å²) in [5, 5.41) is 12.9. The molecule has 11 nitrogen and oxygen atoms in total. The highest BCUT2D eigenvalue weighted by Crippen LogP contribution is 2.40. The molecule has 3 aliphatic rings. The Morgan fingerprint density at radius 1 is 1.17 bits per heavy atom. The van der Waals surface area contributed by atoms with Crippen LogP contribution in [0.4, 0.5) is 10.6 Å². The maximum absolute atomic E-state index is 12.6. The highest BCUT2D eigenvalue weighted by Gasteiger charge is 2.44. The SMILES string of the molecule is CC(=O)c1c(C2CC3CC[C@@H](C2)N3)nc2c(-c3ccc(C4(C)NC(=O)NC4=O)nc3)cnn2c1N. The standard InChI is InChI=1S/C24H26N8O3/c1-11(33)18-19(13-7-14-4-5-15(8-13)28-14)29-21-16(10-27-32(21)20(18)25)12-3-6-17(26-9-12)24(2)22(34)30-23(35)31-24/h3,6,9-10,13-15,28H,4-5,7-8,25H2,1-2H3,(H2,30,31,34,35)/t13?,14-,15?,24?/m0/s1. The Kier molecular flexibility index (Phi) is 4.69. The normalized spacial score (nSPS) is 27.8. The van der Waals surface area contributed by atoms with Gasteiger partial charge in [0.15, 0.2) is 17.0 Å². The van der Waals surface area contributed by atoms with Crippen molar-refractivity contribution in [3.05, 3.63) is 41.5 Å². The van der Waals surface area contributed by atoms with Crippen molar-refractivity contribution < 1.29 is 14.4 Å². The van der Waals surface area contributed by atoms with E-state index in [4.69, 9.17) is 10.7 Å². The van der Waals surface area contributed by atoms with Gasteiger partial charge in [-0.2, -0.15) is 9.61 Å². The third kappa shape index (κ3) is 3.29. The van der Waals surface area contributed by atoms with Crippen LogP contribution in [0.2, 0.25) is 0 Å². The van der Waals surface area contributed by atoms with Crippen molar-refractivity contribution in [3.63, 3.8) is 0 Å². The zero-order valence-corrected chi connectivity index (χ0v) is 19.5. The number of piperidine rings is 1. The van der Waals surface area contributed by atoms with Gasteiger partial charge in [-0.15, -0.1) is 0 Å². The molecular formula is C24H26N8O3. The van der Waals surface area contributed by atoms with E-state index in [0.717, 1.165) is 36.9 Å². The van der Waals surface area contributed by atoms with Crippen LogP contribution in [0.5, 0.6) is 0 Å². The Morgan fingerprint density at radius 2 is 1.91 bits per heavy atom. The number of amides is 3. The molecular weight excluding hydrogens is 448 g/mol. The summed E-state index contributed by atoms with van der Waals surface area (Å²) < 4.78 is 1.51. The molecule has 3 aliphatic heterocycles. The molecule has 3 fully saturated rings. The van der Waals surface area contributed by atoms with Crippen molar-refractivity contribution in [1.82, 2.24) is 35.5 Å². The van der Waals surface area contributed by atoms with Gasteiger partial charge in [-0.3, -0.25) is 19.9 Å². The van der Waals surface area contributed by atoms with Gasteiger partial charge in [0.1, 0.15) is 5.82 Å². The number of urea groups is 1. The zero-order chi connectivity index (χ0) is 24.5. The molecule has 3 unspecified atom stereocenters. The highest BCUT2D eigenvalue weighted by molar-refractivity contribution is 6.07. The number of hydrogen-bond donors (Lipinski definition) is 4. The van der Waals surface area contributed by atoms with Crippen LogP contribution in [-0.4, -0.2) is 49.4 Å². The topological polar surface area (TPSA) is 156 Å². The molecule has 3 saturated heterocycles. The van der Waals surface area contributed by atoms with Crippen molar-refractivity contribution in [2.45, 2.75) is 63.1 Å². The lowest BCUT2D eigenvalue weighted by Gasteiger charge is -2.30. The van der Waals surface area contributed by atoms with E-state index < -0.39 is 17.5 Å². The van der Waals surface area contributed by atoms with Gasteiger partial charge in [0, 0.05) is 35.3 Å². The fraction of sp³-hybridized carbons (Fsp3) is 0.417. The molecule has 0 saturated carbocycles. The van der Waals surface area contributed by atoms with E-state index in [1.54, 1.807) is 25.4 Å². The van der Waals surface area contributed by atoms with Crippen LogP contribution in [0.15, 0.2) is 24.5 Å². The van der Waals surface area contributed by atoms with Crippen LogP contribution < -0.4 is 21.7 Å². The van der Waals surface area contributed by atoms with Gasteiger partial charge in [0.2, 0.25) is 0 Å². The number of hydrogen-bond acceptors (Lipinski definition) is 8. The molecule has 5 N–H and O–H groups in total. The van der Waals surface area contributed by atoms with Gasteiger partial charge in [0.05, 0.1) is 23.1 Å². The maximum atomic E-state index is 12.6. The number of carbonyl (C=O) groups excluding carboxylic acids is 3. The first-order chi connectivity index (χ1) is 16.7. The summed E-state index contributed by atoms with van der Waals surface area (Å²) >= 11 is 0. The molecule has 11 heteroatoms. The number of Topliss-reactive ketones (excluding diaryl/α,β-unsaturated/α-hetero) is 1. The number of fused-ring (bicyclic) bond motifs is 3. The summed E-state index contributed by atoms with van der Waals surface area (Å²) in [6.45, 7) is 3.12. The Morgan fingerprint density at radius 3 is 2.51 bits per heavy atom. The Labute approximate surface area is 200 Å². The van der Waals surface area contributed by atoms with E-state index in [-0.39, 0.29) is 17.5 Å². The van der Waals surface area contributed by atoms with Gasteiger partial charge in [-0.05, 0) is 45.6 Å². The molecule has 35 heavy (non-hydrogen) atoms. The summed E-state index contributed by atoms with van der Waals surface area (Å²) in [5.74, 6) is -0.138. The number of imide groups is 1. The van der Waals surface area contributed by atoms with Crippen molar-refractivity contribution in [2.24, 2.45) is 0 Å². The lowest BCUT2D eigenvalue weighted by molar-refractivity contribution is -0.123. The molecule has 0 aromatic carbocycles. The van der Waals surface area contributed by atoms with Gasteiger partial charge in [0.25, 0.3) is 5.91 Å². The van der Waals surface area contributed by atoms with Gasteiger partial charge in [-0.1, -0.05) is 6.07 Å². The first kappa shape index (κ1) is 21.7. The van der Waals surface area contributed by atoms with Crippen molar-refractivity contribution in [2.75, 3.05) is 5.73 Å². The lowest BCUT2D eigenvalue weighted by Crippen LogP contribution is -2.41. The molecule has 3 aromatic rings. The molecule has 0 radical (unpaired) electrons. The summed E-state index contributed by atoms with van der Waals surface area (Å²) in [4.78, 5) is 45.9. The van der Waals surface area contributed by atoms with E-state index >= 15 is 0 Å². The van der Waals surface area contributed by atoms with E-state index in [1.807, 2.05) is 6.07 Å². The van der Waals surface area contributed by atoms with Crippen LogP contribution in [0.3, 0.4) is 0 Å². The minimum atomic E-state index is -1.24. The van der Waals surface area contributed by atoms with Crippen LogP contribution in [0, 0.1) is 0 Å². The Hall–Kier alpha value is -3.86. The molecule has 2 bridgehead atoms. The molecule has 3 amide bonds. The molecule has 3 aromatic heterocycles. The van der Waals surface area contributed by atoms with Crippen molar-refractivity contribution in [3.8, 4) is 11.1 Å².